The van der Waals surface area contributed by atoms with Crippen LogP contribution in [0.1, 0.15) is 47.8 Å². The molecule has 10 nitrogen and oxygen atoms in total. The first-order valence-corrected chi connectivity index (χ1v) is 16.3. The molecule has 6 heterocycles. The summed E-state index contributed by atoms with van der Waals surface area (Å²) >= 11 is 0. The van der Waals surface area contributed by atoms with Gasteiger partial charge in [0, 0.05) is 56.5 Å². The summed E-state index contributed by atoms with van der Waals surface area (Å²) in [5, 5.41) is 1.42. The van der Waals surface area contributed by atoms with Crippen molar-refractivity contribution in [3.63, 3.8) is 0 Å². The van der Waals surface area contributed by atoms with Crippen molar-refractivity contribution in [2.24, 2.45) is 11.8 Å². The molecule has 0 spiro atoms. The number of aromatic nitrogens is 2. The van der Waals surface area contributed by atoms with Crippen molar-refractivity contribution in [3.05, 3.63) is 46.9 Å². The van der Waals surface area contributed by atoms with Gasteiger partial charge < -0.3 is 28.7 Å². The Morgan fingerprint density at radius 1 is 1.11 bits per heavy atom. The summed E-state index contributed by atoms with van der Waals surface area (Å²) in [5.74, 6) is 1.21. The molecule has 0 aliphatic carbocycles. The number of hydrogen-bond acceptors (Lipinski definition) is 9. The summed E-state index contributed by atoms with van der Waals surface area (Å²) in [6.45, 7) is 6.50. The van der Waals surface area contributed by atoms with Crippen LogP contribution >= 0.6 is 0 Å². The maximum absolute atomic E-state index is 15.2. The number of rotatable bonds is 9. The molecule has 0 N–H and O–H groups in total. The van der Waals surface area contributed by atoms with E-state index in [1.807, 2.05) is 13.0 Å². The maximum Gasteiger partial charge on any atom is 0.318 e. The van der Waals surface area contributed by atoms with Crippen LogP contribution in [0.3, 0.4) is 0 Å². The van der Waals surface area contributed by atoms with Crippen LogP contribution in [0.2, 0.25) is 0 Å². The molecule has 5 aliphatic rings. The van der Waals surface area contributed by atoms with Crippen molar-refractivity contribution in [1.29, 1.82) is 0 Å². The SMILES string of the molecule is CCc1c(F)ccc2cc(OCOC)cc(N3Cc4nc(OC[C@@]56CCCN5C[C@H](F)C6)nc(N5CC6COCC6C5)c4C3=O)c12. The summed E-state index contributed by atoms with van der Waals surface area (Å²) in [6.07, 6.45) is 1.91. The molecule has 244 valence electrons. The highest BCUT2D eigenvalue weighted by Gasteiger charge is 2.50. The van der Waals surface area contributed by atoms with Crippen LogP contribution in [0, 0.1) is 17.7 Å². The Morgan fingerprint density at radius 2 is 1.93 bits per heavy atom. The van der Waals surface area contributed by atoms with Gasteiger partial charge in [0.05, 0.1) is 36.7 Å². The van der Waals surface area contributed by atoms with Gasteiger partial charge in [-0.3, -0.25) is 9.69 Å². The predicted octanol–water partition coefficient (Wildman–Crippen LogP) is 4.51. The zero-order valence-electron chi connectivity index (χ0n) is 26.3. The van der Waals surface area contributed by atoms with E-state index in [9.17, 15) is 9.18 Å². The molecule has 0 bridgehead atoms. The molecule has 0 saturated carbocycles. The monoisotopic (exact) mass is 635 g/mol. The number of nitrogens with zero attached hydrogens (tertiary/aromatic N) is 5. The third-order valence-corrected chi connectivity index (χ3v) is 10.6. The molecule has 5 aliphatic heterocycles. The maximum atomic E-state index is 15.2. The number of ether oxygens (including phenoxy) is 4. The average molecular weight is 636 g/mol. The van der Waals surface area contributed by atoms with Crippen LogP contribution < -0.4 is 19.3 Å². The van der Waals surface area contributed by atoms with Crippen molar-refractivity contribution in [2.45, 2.75) is 50.9 Å². The number of anilines is 2. The lowest BCUT2D eigenvalue weighted by Crippen LogP contribution is -2.43. The fraction of sp³-hybridized carbons (Fsp3) is 0.559. The van der Waals surface area contributed by atoms with Crippen molar-refractivity contribution < 1.29 is 32.5 Å². The van der Waals surface area contributed by atoms with Gasteiger partial charge in [0.15, 0.2) is 6.79 Å². The number of hydrogen-bond donors (Lipinski definition) is 0. The molecular formula is C34H39F2N5O5. The Kier molecular flexibility index (Phi) is 7.49. The fourth-order valence-corrected chi connectivity index (χ4v) is 8.39. The first-order valence-electron chi connectivity index (χ1n) is 16.3. The zero-order chi connectivity index (χ0) is 31.6. The number of carbonyl (C=O) groups excluding carboxylic acids is 1. The van der Waals surface area contributed by atoms with Gasteiger partial charge in [-0.25, -0.2) is 8.78 Å². The van der Waals surface area contributed by atoms with Gasteiger partial charge in [0.2, 0.25) is 0 Å². The highest BCUT2D eigenvalue weighted by atomic mass is 19.1. The van der Waals surface area contributed by atoms with Crippen LogP contribution in [0.4, 0.5) is 20.3 Å². The van der Waals surface area contributed by atoms with Crippen LogP contribution in [-0.2, 0) is 22.4 Å². The molecule has 4 saturated heterocycles. The lowest BCUT2D eigenvalue weighted by Gasteiger charge is -2.31. The normalized spacial score (nSPS) is 27.1. The second kappa shape index (κ2) is 11.6. The minimum Gasteiger partial charge on any atom is -0.467 e. The highest BCUT2D eigenvalue weighted by Crippen LogP contribution is 2.44. The van der Waals surface area contributed by atoms with Crippen LogP contribution in [0.15, 0.2) is 24.3 Å². The van der Waals surface area contributed by atoms with E-state index in [2.05, 4.69) is 9.80 Å². The first-order chi connectivity index (χ1) is 22.4. The largest absolute Gasteiger partial charge is 0.467 e. The third kappa shape index (κ3) is 4.87. The van der Waals surface area contributed by atoms with E-state index in [1.54, 1.807) is 17.0 Å². The van der Waals surface area contributed by atoms with Gasteiger partial charge in [-0.15, -0.1) is 0 Å². The van der Waals surface area contributed by atoms with Crippen molar-refractivity contribution in [3.8, 4) is 11.8 Å². The van der Waals surface area contributed by atoms with Crippen LogP contribution in [0.5, 0.6) is 11.8 Å². The molecule has 3 aromatic rings. The number of carbonyl (C=O) groups is 1. The summed E-state index contributed by atoms with van der Waals surface area (Å²) in [5.41, 5.74) is 1.71. The number of halogens is 2. The second-order valence-corrected chi connectivity index (χ2v) is 13.3. The van der Waals surface area contributed by atoms with E-state index >= 15 is 4.39 Å². The quantitative estimate of drug-likeness (QED) is 0.315. The molecule has 1 aromatic heterocycles. The Labute approximate surface area is 266 Å². The number of methoxy groups -OCH3 is 1. The first kappa shape index (κ1) is 29.8. The van der Waals surface area contributed by atoms with Crippen LogP contribution in [-0.4, -0.2) is 92.4 Å². The minimum absolute atomic E-state index is 0.0281. The van der Waals surface area contributed by atoms with E-state index in [0.29, 0.717) is 90.5 Å². The van der Waals surface area contributed by atoms with Gasteiger partial charge >= 0.3 is 6.01 Å². The number of alkyl halides is 1. The molecule has 1 amide bonds. The van der Waals surface area contributed by atoms with E-state index in [1.165, 1.54) is 13.2 Å². The van der Waals surface area contributed by atoms with Gasteiger partial charge in [-0.2, -0.15) is 9.97 Å². The standard InChI is InChI=1S/C34H39F2N5O5/c1-3-25-26(36)6-5-20-9-24(46-19-43-2)10-28(29(20)25)41-15-27-30(32(41)42)31(39-12-21-16-44-17-22(21)13-39)38-33(37-27)45-18-34-7-4-8-40(34)14-23(35)11-34/h5-6,9-10,21-23H,3-4,7-8,11-19H2,1-2H3/t21?,22?,23-,34+/m1/s1. The van der Waals surface area contributed by atoms with Crippen molar-refractivity contribution in [1.82, 2.24) is 14.9 Å². The summed E-state index contributed by atoms with van der Waals surface area (Å²) < 4.78 is 52.7. The van der Waals surface area contributed by atoms with Gasteiger partial charge in [0.25, 0.3) is 5.91 Å². The predicted molar refractivity (Wildman–Crippen MR) is 167 cm³/mol. The van der Waals surface area contributed by atoms with Crippen molar-refractivity contribution in [2.75, 3.05) is 69.7 Å². The molecule has 2 aromatic carbocycles. The zero-order valence-corrected chi connectivity index (χ0v) is 26.3. The van der Waals surface area contributed by atoms with Gasteiger partial charge in [0.1, 0.15) is 35.7 Å². The Bertz CT molecular complexity index is 1680. The highest BCUT2D eigenvalue weighted by molar-refractivity contribution is 6.16. The number of aryl methyl sites for hydroxylation is 1. The Morgan fingerprint density at radius 3 is 2.72 bits per heavy atom. The molecule has 4 atom stereocenters. The molecule has 12 heteroatoms. The Hall–Kier alpha value is -3.61. The summed E-state index contributed by atoms with van der Waals surface area (Å²) in [7, 11) is 1.54. The number of benzene rings is 2. The number of amides is 1. The van der Waals surface area contributed by atoms with Crippen molar-refractivity contribution >= 4 is 28.2 Å². The average Bonchev–Trinajstić information content (AvgIpc) is 3.85. The smallest absolute Gasteiger partial charge is 0.318 e. The summed E-state index contributed by atoms with van der Waals surface area (Å²) in [4.78, 5) is 30.2. The molecule has 0 radical (unpaired) electrons. The molecule has 4 fully saturated rings. The molecule has 8 rings (SSSR count). The molecule has 46 heavy (non-hydrogen) atoms. The third-order valence-electron chi connectivity index (χ3n) is 10.6. The van der Waals surface area contributed by atoms with Crippen LogP contribution in [0.25, 0.3) is 10.8 Å². The Balaban J connectivity index is 1.19. The fourth-order valence-electron chi connectivity index (χ4n) is 8.39. The topological polar surface area (TPSA) is 89.5 Å². The lowest BCUT2D eigenvalue weighted by molar-refractivity contribution is 0.0512. The minimum atomic E-state index is -0.867. The molecule has 2 unspecified atom stereocenters. The van der Waals surface area contributed by atoms with E-state index in [0.717, 1.165) is 37.9 Å². The van der Waals surface area contributed by atoms with E-state index < -0.39 is 6.17 Å². The summed E-state index contributed by atoms with van der Waals surface area (Å²) in [6, 6.07) is 6.96. The lowest BCUT2D eigenvalue weighted by atomic mass is 9.95. The second-order valence-electron chi connectivity index (χ2n) is 13.3. The van der Waals surface area contributed by atoms with Gasteiger partial charge in [-0.05, 0) is 48.9 Å². The van der Waals surface area contributed by atoms with Gasteiger partial charge in [-0.1, -0.05) is 13.0 Å². The molecular weight excluding hydrogens is 596 g/mol. The number of fused-ring (bicyclic) bond motifs is 4. The van der Waals surface area contributed by atoms with E-state index in [4.69, 9.17) is 28.9 Å². The van der Waals surface area contributed by atoms with E-state index in [-0.39, 0.29) is 36.6 Å².